The van der Waals surface area contributed by atoms with Crippen LogP contribution in [0, 0.1) is 5.41 Å². The van der Waals surface area contributed by atoms with Crippen molar-refractivity contribution in [1.82, 2.24) is 15.4 Å². The van der Waals surface area contributed by atoms with E-state index in [1.165, 1.54) is 0 Å². The van der Waals surface area contributed by atoms with Crippen molar-refractivity contribution in [3.05, 3.63) is 47.3 Å². The first-order valence-corrected chi connectivity index (χ1v) is 10.5. The standard InChI is InChI=1S/C23H31N3O4/c1-23(2,3)22(28)26(17-7-5-6-8-17)15-19-13-20(25-30-19)21(27)24-14-16-9-11-18(29-4)12-10-16/h9-13,17H,5-8,14-15H2,1-4H3,(H,24,27). The molecule has 162 valence electrons. The van der Waals surface area contributed by atoms with E-state index in [0.717, 1.165) is 37.0 Å². The van der Waals surface area contributed by atoms with E-state index in [9.17, 15) is 9.59 Å². The van der Waals surface area contributed by atoms with Gasteiger partial charge in [-0.25, -0.2) is 0 Å². The van der Waals surface area contributed by atoms with Gasteiger partial charge in [0.05, 0.1) is 13.7 Å². The molecule has 1 N–H and O–H groups in total. The van der Waals surface area contributed by atoms with Crippen molar-refractivity contribution < 1.29 is 18.8 Å². The second kappa shape index (κ2) is 9.32. The number of benzene rings is 1. The van der Waals surface area contributed by atoms with Gasteiger partial charge in [0.2, 0.25) is 5.91 Å². The molecule has 1 aliphatic carbocycles. The highest BCUT2D eigenvalue weighted by Crippen LogP contribution is 2.29. The first-order chi connectivity index (χ1) is 14.3. The molecular weight excluding hydrogens is 382 g/mol. The Hall–Kier alpha value is -2.83. The molecule has 0 bridgehead atoms. The summed E-state index contributed by atoms with van der Waals surface area (Å²) in [6.45, 7) is 6.49. The largest absolute Gasteiger partial charge is 0.497 e. The van der Waals surface area contributed by atoms with E-state index < -0.39 is 5.41 Å². The molecule has 0 saturated heterocycles. The fourth-order valence-electron chi connectivity index (χ4n) is 3.69. The summed E-state index contributed by atoms with van der Waals surface area (Å²) < 4.78 is 10.5. The zero-order chi connectivity index (χ0) is 21.7. The van der Waals surface area contributed by atoms with Crippen LogP contribution < -0.4 is 10.1 Å². The molecule has 0 radical (unpaired) electrons. The number of ether oxygens (including phenoxy) is 1. The van der Waals surface area contributed by atoms with Gasteiger partial charge in [-0.3, -0.25) is 9.59 Å². The Kier molecular flexibility index (Phi) is 6.80. The van der Waals surface area contributed by atoms with Crippen molar-refractivity contribution in [3.8, 4) is 5.75 Å². The van der Waals surface area contributed by atoms with Crippen molar-refractivity contribution in [3.63, 3.8) is 0 Å². The summed E-state index contributed by atoms with van der Waals surface area (Å²) in [5.41, 5.74) is 0.699. The van der Waals surface area contributed by atoms with E-state index in [0.29, 0.717) is 18.8 Å². The highest BCUT2D eigenvalue weighted by atomic mass is 16.5. The van der Waals surface area contributed by atoms with Crippen LogP contribution in [0.5, 0.6) is 5.75 Å². The Balaban J connectivity index is 1.63. The van der Waals surface area contributed by atoms with E-state index in [2.05, 4.69) is 10.5 Å². The highest BCUT2D eigenvalue weighted by molar-refractivity contribution is 5.92. The molecule has 7 nitrogen and oxygen atoms in total. The molecule has 1 heterocycles. The lowest BCUT2D eigenvalue weighted by molar-refractivity contribution is -0.143. The maximum absolute atomic E-state index is 13.0. The van der Waals surface area contributed by atoms with Crippen LogP contribution in [0.3, 0.4) is 0 Å². The van der Waals surface area contributed by atoms with E-state index in [-0.39, 0.29) is 23.6 Å². The molecule has 2 amide bonds. The molecule has 30 heavy (non-hydrogen) atoms. The number of nitrogens with one attached hydrogen (secondary N) is 1. The normalized spacial score (nSPS) is 14.5. The third kappa shape index (κ3) is 5.40. The van der Waals surface area contributed by atoms with Gasteiger partial charge in [-0.2, -0.15) is 0 Å². The number of amides is 2. The summed E-state index contributed by atoms with van der Waals surface area (Å²) in [4.78, 5) is 27.3. The minimum absolute atomic E-state index is 0.0938. The van der Waals surface area contributed by atoms with Gasteiger partial charge in [-0.1, -0.05) is 50.9 Å². The van der Waals surface area contributed by atoms with Crippen molar-refractivity contribution >= 4 is 11.8 Å². The molecule has 1 saturated carbocycles. The van der Waals surface area contributed by atoms with E-state index in [1.807, 2.05) is 49.9 Å². The summed E-state index contributed by atoms with van der Waals surface area (Å²) in [7, 11) is 1.61. The van der Waals surface area contributed by atoms with Gasteiger partial charge in [0.25, 0.3) is 5.91 Å². The average molecular weight is 414 g/mol. The van der Waals surface area contributed by atoms with Crippen molar-refractivity contribution in [2.45, 2.75) is 65.6 Å². The Bertz CT molecular complexity index is 861. The van der Waals surface area contributed by atoms with Gasteiger partial charge < -0.3 is 19.5 Å². The quantitative estimate of drug-likeness (QED) is 0.743. The Morgan fingerprint density at radius 3 is 2.47 bits per heavy atom. The van der Waals surface area contributed by atoms with Gasteiger partial charge in [-0.15, -0.1) is 0 Å². The summed E-state index contributed by atoms with van der Waals surface area (Å²) >= 11 is 0. The van der Waals surface area contributed by atoms with Crippen LogP contribution in [0.1, 0.15) is 68.3 Å². The second-order valence-corrected chi connectivity index (χ2v) is 8.83. The molecule has 0 atom stereocenters. The minimum atomic E-state index is -0.471. The molecule has 3 rings (SSSR count). The average Bonchev–Trinajstić information content (AvgIpc) is 3.41. The number of methoxy groups -OCH3 is 1. The smallest absolute Gasteiger partial charge is 0.273 e. The molecule has 1 aromatic heterocycles. The number of aromatic nitrogens is 1. The lowest BCUT2D eigenvalue weighted by Crippen LogP contribution is -2.44. The highest BCUT2D eigenvalue weighted by Gasteiger charge is 2.34. The topological polar surface area (TPSA) is 84.7 Å². The van der Waals surface area contributed by atoms with Crippen molar-refractivity contribution in [2.24, 2.45) is 5.41 Å². The Labute approximate surface area is 177 Å². The van der Waals surface area contributed by atoms with Crippen molar-refractivity contribution in [1.29, 1.82) is 0 Å². The maximum Gasteiger partial charge on any atom is 0.273 e. The van der Waals surface area contributed by atoms with Crippen LogP contribution in [0.4, 0.5) is 0 Å². The molecule has 0 spiro atoms. The van der Waals surface area contributed by atoms with E-state index in [1.54, 1.807) is 13.2 Å². The fraction of sp³-hybridized carbons (Fsp3) is 0.522. The number of rotatable bonds is 7. The van der Waals surface area contributed by atoms with Gasteiger partial charge in [-0.05, 0) is 30.5 Å². The SMILES string of the molecule is COc1ccc(CNC(=O)c2cc(CN(C(=O)C(C)(C)C)C3CCCC3)on2)cc1. The molecule has 0 aliphatic heterocycles. The molecular formula is C23H31N3O4. The summed E-state index contributed by atoms with van der Waals surface area (Å²) in [5.74, 6) is 1.07. The van der Waals surface area contributed by atoms with Crippen LogP contribution in [0.2, 0.25) is 0 Å². The molecule has 0 unspecified atom stereocenters. The molecule has 1 fully saturated rings. The molecule has 1 aliphatic rings. The number of hydrogen-bond donors (Lipinski definition) is 1. The first kappa shape index (κ1) is 21.9. The van der Waals surface area contributed by atoms with Crippen LogP contribution in [0.25, 0.3) is 0 Å². The van der Waals surface area contributed by atoms with Gasteiger partial charge in [0.15, 0.2) is 11.5 Å². The predicted octanol–water partition coefficient (Wildman–Crippen LogP) is 3.93. The van der Waals surface area contributed by atoms with Gasteiger partial charge >= 0.3 is 0 Å². The second-order valence-electron chi connectivity index (χ2n) is 8.83. The van der Waals surface area contributed by atoms with Gasteiger partial charge in [0, 0.05) is 24.1 Å². The van der Waals surface area contributed by atoms with E-state index >= 15 is 0 Å². The Morgan fingerprint density at radius 2 is 1.87 bits per heavy atom. The first-order valence-electron chi connectivity index (χ1n) is 10.5. The summed E-state index contributed by atoms with van der Waals surface area (Å²) in [6.07, 6.45) is 4.28. The van der Waals surface area contributed by atoms with Crippen LogP contribution in [0.15, 0.2) is 34.9 Å². The zero-order valence-corrected chi connectivity index (χ0v) is 18.2. The van der Waals surface area contributed by atoms with Crippen LogP contribution in [-0.2, 0) is 17.9 Å². The number of carbonyl (C=O) groups is 2. The predicted molar refractivity (Wildman–Crippen MR) is 113 cm³/mol. The molecule has 1 aromatic carbocycles. The minimum Gasteiger partial charge on any atom is -0.497 e. The monoisotopic (exact) mass is 413 g/mol. The summed E-state index contributed by atoms with van der Waals surface area (Å²) in [6, 6.07) is 9.32. The van der Waals surface area contributed by atoms with Crippen LogP contribution in [-0.4, -0.2) is 35.0 Å². The number of nitrogens with zero attached hydrogens (tertiary/aromatic N) is 2. The number of carbonyl (C=O) groups excluding carboxylic acids is 2. The number of hydrogen-bond acceptors (Lipinski definition) is 5. The molecule has 7 heteroatoms. The third-order valence-corrected chi connectivity index (χ3v) is 5.40. The van der Waals surface area contributed by atoms with E-state index in [4.69, 9.17) is 9.26 Å². The lowest BCUT2D eigenvalue weighted by Gasteiger charge is -2.33. The van der Waals surface area contributed by atoms with Gasteiger partial charge in [0.1, 0.15) is 5.75 Å². The fourth-order valence-corrected chi connectivity index (χ4v) is 3.69. The maximum atomic E-state index is 13.0. The molecule has 2 aromatic rings. The Morgan fingerprint density at radius 1 is 1.20 bits per heavy atom. The summed E-state index contributed by atoms with van der Waals surface area (Å²) in [5, 5.41) is 6.75. The lowest BCUT2D eigenvalue weighted by atomic mass is 9.93. The van der Waals surface area contributed by atoms with Crippen LogP contribution >= 0.6 is 0 Å². The third-order valence-electron chi connectivity index (χ3n) is 5.40. The van der Waals surface area contributed by atoms with Crippen molar-refractivity contribution in [2.75, 3.05) is 7.11 Å². The zero-order valence-electron chi connectivity index (χ0n) is 18.2.